The summed E-state index contributed by atoms with van der Waals surface area (Å²) in [4.78, 5) is 26.2. The number of aromatic nitrogens is 2. The zero-order valence-corrected chi connectivity index (χ0v) is 17.3. The molecule has 0 aliphatic heterocycles. The van der Waals surface area contributed by atoms with Gasteiger partial charge in [-0.3, -0.25) is 9.59 Å². The lowest BCUT2D eigenvalue weighted by Gasteiger charge is -2.09. The monoisotopic (exact) mass is 436 g/mol. The van der Waals surface area contributed by atoms with Gasteiger partial charge in [0.15, 0.2) is 5.92 Å². The number of nitrogens with one attached hydrogen (secondary N) is 1. The highest BCUT2D eigenvalue weighted by Gasteiger charge is 2.36. The molecule has 0 radical (unpaired) electrons. The Morgan fingerprint density at radius 2 is 1.70 bits per heavy atom. The summed E-state index contributed by atoms with van der Waals surface area (Å²) in [6, 6.07) is 23.9. The minimum absolute atomic E-state index is 0.0697. The number of hydrogen-bond acceptors (Lipinski definition) is 4. The van der Waals surface area contributed by atoms with Gasteiger partial charge in [-0.2, -0.15) is 10.4 Å². The Kier molecular flexibility index (Phi) is 5.04. The van der Waals surface area contributed by atoms with Crippen molar-refractivity contribution in [3.8, 4) is 23.0 Å². The number of anilines is 1. The number of para-hydroxylation sites is 1. The standard InChI is InChI=1S/C26H17FN4O2/c27-17-10-12-19(13-11-17)31-24-20-9-5-4-6-16(20)14-21(24)23(30-31)25(32)22(15-28)26(33)29-18-7-2-1-3-8-18/h1-13,22H,14H2,(H,29,33). The van der Waals surface area contributed by atoms with E-state index in [9.17, 15) is 19.2 Å². The lowest BCUT2D eigenvalue weighted by molar-refractivity contribution is -0.117. The van der Waals surface area contributed by atoms with Crippen molar-refractivity contribution in [2.75, 3.05) is 5.32 Å². The molecule has 1 heterocycles. The minimum atomic E-state index is -1.56. The molecule has 1 aliphatic carbocycles. The maximum Gasteiger partial charge on any atom is 0.249 e. The number of nitrogens with zero attached hydrogens (tertiary/aromatic N) is 3. The van der Waals surface area contributed by atoms with E-state index >= 15 is 0 Å². The van der Waals surface area contributed by atoms with Gasteiger partial charge in [-0.25, -0.2) is 9.07 Å². The van der Waals surface area contributed by atoms with Gasteiger partial charge in [-0.1, -0.05) is 42.5 Å². The first-order valence-corrected chi connectivity index (χ1v) is 10.3. The molecule has 0 fully saturated rings. The van der Waals surface area contributed by atoms with Crippen molar-refractivity contribution in [1.29, 1.82) is 5.26 Å². The number of hydrogen-bond donors (Lipinski definition) is 1. The third-order valence-corrected chi connectivity index (χ3v) is 5.62. The minimum Gasteiger partial charge on any atom is -0.325 e. The molecule has 7 heteroatoms. The quantitative estimate of drug-likeness (QED) is 0.324. The highest BCUT2D eigenvalue weighted by Crippen LogP contribution is 2.40. The van der Waals surface area contributed by atoms with Crippen LogP contribution in [0.4, 0.5) is 10.1 Å². The number of halogens is 1. The molecule has 160 valence electrons. The summed E-state index contributed by atoms with van der Waals surface area (Å²) in [6.45, 7) is 0. The number of fused-ring (bicyclic) bond motifs is 3. The molecule has 33 heavy (non-hydrogen) atoms. The molecule has 0 bridgehead atoms. The number of rotatable bonds is 5. The van der Waals surface area contributed by atoms with Crippen molar-refractivity contribution < 1.29 is 14.0 Å². The van der Waals surface area contributed by atoms with E-state index in [0.29, 0.717) is 29.1 Å². The van der Waals surface area contributed by atoms with E-state index in [1.807, 2.05) is 30.3 Å². The fourth-order valence-corrected chi connectivity index (χ4v) is 4.07. The van der Waals surface area contributed by atoms with Crippen LogP contribution in [-0.2, 0) is 11.2 Å². The topological polar surface area (TPSA) is 87.8 Å². The smallest absolute Gasteiger partial charge is 0.249 e. The van der Waals surface area contributed by atoms with Crippen LogP contribution in [0.3, 0.4) is 0 Å². The SMILES string of the molecule is N#CC(C(=O)Nc1ccccc1)C(=O)c1nn(-c2ccc(F)cc2)c2c1Cc1ccccc1-2. The molecule has 4 aromatic rings. The van der Waals surface area contributed by atoms with E-state index in [2.05, 4.69) is 10.4 Å². The van der Waals surface area contributed by atoms with E-state index in [1.54, 1.807) is 47.1 Å². The van der Waals surface area contributed by atoms with Gasteiger partial charge in [0.05, 0.1) is 17.5 Å². The summed E-state index contributed by atoms with van der Waals surface area (Å²) in [5.74, 6) is -3.33. The number of nitriles is 1. The second-order valence-corrected chi connectivity index (χ2v) is 7.68. The molecule has 3 aromatic carbocycles. The van der Waals surface area contributed by atoms with Crippen LogP contribution in [0.15, 0.2) is 78.9 Å². The predicted octanol–water partition coefficient (Wildman–Crippen LogP) is 4.54. The van der Waals surface area contributed by atoms with E-state index < -0.39 is 17.6 Å². The number of carbonyl (C=O) groups excluding carboxylic acids is 2. The second-order valence-electron chi connectivity index (χ2n) is 7.68. The number of ketones is 1. The molecule has 6 nitrogen and oxygen atoms in total. The van der Waals surface area contributed by atoms with Crippen molar-refractivity contribution in [1.82, 2.24) is 9.78 Å². The lowest BCUT2D eigenvalue weighted by Crippen LogP contribution is -2.29. The Labute approximate surface area is 188 Å². The third kappa shape index (κ3) is 3.58. The molecule has 1 aliphatic rings. The number of benzene rings is 3. The number of amides is 1. The fourth-order valence-electron chi connectivity index (χ4n) is 4.07. The van der Waals surface area contributed by atoms with Gasteiger partial charge in [-0.15, -0.1) is 0 Å². The predicted molar refractivity (Wildman–Crippen MR) is 120 cm³/mol. The van der Waals surface area contributed by atoms with Gasteiger partial charge in [0.1, 0.15) is 11.5 Å². The van der Waals surface area contributed by atoms with Gasteiger partial charge in [0.25, 0.3) is 0 Å². The van der Waals surface area contributed by atoms with E-state index in [-0.39, 0.29) is 11.5 Å². The molecule has 1 amide bonds. The molecule has 1 N–H and O–H groups in total. The molecular formula is C26H17FN4O2. The van der Waals surface area contributed by atoms with Gasteiger partial charge in [-0.05, 0) is 42.0 Å². The van der Waals surface area contributed by atoms with E-state index in [4.69, 9.17) is 0 Å². The highest BCUT2D eigenvalue weighted by molar-refractivity contribution is 6.16. The number of Topliss-reactive ketones (excluding diaryl/α,β-unsaturated/α-hetero) is 1. The van der Waals surface area contributed by atoms with Crippen LogP contribution in [0.25, 0.3) is 16.9 Å². The van der Waals surface area contributed by atoms with Crippen molar-refractivity contribution in [3.63, 3.8) is 0 Å². The van der Waals surface area contributed by atoms with Crippen molar-refractivity contribution in [2.45, 2.75) is 6.42 Å². The normalized spacial score (nSPS) is 12.4. The summed E-state index contributed by atoms with van der Waals surface area (Å²) in [6.07, 6.45) is 0.451. The maximum absolute atomic E-state index is 13.5. The van der Waals surface area contributed by atoms with Gasteiger partial charge < -0.3 is 5.32 Å². The van der Waals surface area contributed by atoms with Crippen LogP contribution in [0.5, 0.6) is 0 Å². The van der Waals surface area contributed by atoms with Gasteiger partial charge in [0, 0.05) is 23.2 Å². The second kappa shape index (κ2) is 8.17. The number of carbonyl (C=O) groups is 2. The molecule has 0 saturated carbocycles. The van der Waals surface area contributed by atoms with Crippen molar-refractivity contribution >= 4 is 17.4 Å². The maximum atomic E-state index is 13.5. The Morgan fingerprint density at radius 3 is 2.42 bits per heavy atom. The average Bonchev–Trinajstić information content (AvgIpc) is 3.38. The molecule has 1 unspecified atom stereocenters. The Bertz CT molecular complexity index is 1420. The Morgan fingerprint density at radius 1 is 1.00 bits per heavy atom. The van der Waals surface area contributed by atoms with Crippen molar-refractivity contribution in [2.24, 2.45) is 5.92 Å². The fraction of sp³-hybridized carbons (Fsp3) is 0.0769. The molecule has 1 aromatic heterocycles. The summed E-state index contributed by atoms with van der Waals surface area (Å²) in [5.41, 5.74) is 4.41. The summed E-state index contributed by atoms with van der Waals surface area (Å²) >= 11 is 0. The van der Waals surface area contributed by atoms with Gasteiger partial charge >= 0.3 is 0 Å². The first-order chi connectivity index (χ1) is 16.1. The summed E-state index contributed by atoms with van der Waals surface area (Å²) in [5, 5.41) is 16.8. The Hall–Kier alpha value is -4.57. The first kappa shape index (κ1) is 20.3. The third-order valence-electron chi connectivity index (χ3n) is 5.62. The molecule has 1 atom stereocenters. The van der Waals surface area contributed by atoms with Crippen LogP contribution in [0.2, 0.25) is 0 Å². The Balaban J connectivity index is 1.57. The van der Waals surface area contributed by atoms with E-state index in [1.165, 1.54) is 12.1 Å². The lowest BCUT2D eigenvalue weighted by atomic mass is 9.98. The summed E-state index contributed by atoms with van der Waals surface area (Å²) in [7, 11) is 0. The highest BCUT2D eigenvalue weighted by atomic mass is 19.1. The van der Waals surface area contributed by atoms with Crippen LogP contribution >= 0.6 is 0 Å². The van der Waals surface area contributed by atoms with Crippen LogP contribution < -0.4 is 5.32 Å². The molecule has 0 saturated heterocycles. The average molecular weight is 436 g/mol. The molecular weight excluding hydrogens is 419 g/mol. The largest absolute Gasteiger partial charge is 0.325 e. The summed E-state index contributed by atoms with van der Waals surface area (Å²) < 4.78 is 15.1. The van der Waals surface area contributed by atoms with Crippen LogP contribution in [0.1, 0.15) is 21.6 Å². The van der Waals surface area contributed by atoms with E-state index in [0.717, 1.165) is 11.1 Å². The molecule has 5 rings (SSSR count). The van der Waals surface area contributed by atoms with Gasteiger partial charge in [0.2, 0.25) is 11.7 Å². The van der Waals surface area contributed by atoms with Crippen LogP contribution in [-0.4, -0.2) is 21.5 Å². The van der Waals surface area contributed by atoms with Crippen LogP contribution in [0, 0.1) is 23.1 Å². The zero-order chi connectivity index (χ0) is 22.9. The molecule has 0 spiro atoms. The van der Waals surface area contributed by atoms with Crippen molar-refractivity contribution in [3.05, 3.63) is 102 Å². The zero-order valence-electron chi connectivity index (χ0n) is 17.3. The first-order valence-electron chi connectivity index (χ1n) is 10.3.